The van der Waals surface area contributed by atoms with E-state index >= 15 is 0 Å². The first kappa shape index (κ1) is 14.4. The van der Waals surface area contributed by atoms with Crippen LogP contribution in [0, 0.1) is 13.8 Å². The number of nitrogens with one attached hydrogen (secondary N) is 2. The summed E-state index contributed by atoms with van der Waals surface area (Å²) in [4.78, 5) is 13.7. The Kier molecular flexibility index (Phi) is 3.93. The second-order valence-corrected chi connectivity index (χ2v) is 7.37. The topological polar surface area (TPSA) is 99.3 Å². The molecule has 106 valence electrons. The minimum atomic E-state index is -3.68. The summed E-state index contributed by atoms with van der Waals surface area (Å²) in [7, 11) is -3.68. The van der Waals surface area contributed by atoms with E-state index in [4.69, 9.17) is 5.11 Å². The number of hydrogen-bond donors (Lipinski definition) is 3. The number of sulfonamides is 1. The second kappa shape index (κ2) is 5.18. The van der Waals surface area contributed by atoms with E-state index in [1.807, 2.05) is 0 Å². The average Bonchev–Trinajstić information content (AvgIpc) is 2.86. The largest absolute Gasteiger partial charge is 0.477 e. The van der Waals surface area contributed by atoms with Gasteiger partial charge in [0.2, 0.25) is 10.0 Å². The fourth-order valence-corrected chi connectivity index (χ4v) is 5.23. The zero-order valence-corrected chi connectivity index (χ0v) is 12.3. The van der Waals surface area contributed by atoms with Crippen LogP contribution in [0.4, 0.5) is 0 Å². The van der Waals surface area contributed by atoms with Crippen molar-refractivity contribution in [1.82, 2.24) is 9.71 Å². The van der Waals surface area contributed by atoms with Crippen LogP contribution >= 0.6 is 11.8 Å². The van der Waals surface area contributed by atoms with Gasteiger partial charge in [-0.05, 0) is 26.0 Å². The molecule has 6 nitrogen and oxygen atoms in total. The summed E-state index contributed by atoms with van der Waals surface area (Å²) in [6.45, 7) is 3.07. The molecule has 0 amide bonds. The highest BCUT2D eigenvalue weighted by Crippen LogP contribution is 2.25. The molecule has 0 aromatic carbocycles. The maximum Gasteiger partial charge on any atom is 0.352 e. The molecular formula is C11H16N2O4S2. The van der Waals surface area contributed by atoms with Crippen molar-refractivity contribution in [2.45, 2.75) is 31.2 Å². The average molecular weight is 304 g/mol. The number of carboxylic acids is 1. The first-order valence-corrected chi connectivity index (χ1v) is 8.49. The molecule has 1 unspecified atom stereocenters. The number of thioether (sulfide) groups is 1. The second-order valence-electron chi connectivity index (χ2n) is 4.57. The van der Waals surface area contributed by atoms with Gasteiger partial charge in [0.15, 0.2) is 0 Å². The van der Waals surface area contributed by atoms with E-state index in [0.717, 1.165) is 17.9 Å². The zero-order valence-electron chi connectivity index (χ0n) is 10.7. The van der Waals surface area contributed by atoms with Crippen LogP contribution in [0.2, 0.25) is 0 Å². The molecule has 1 aliphatic heterocycles. The molecule has 2 heterocycles. The van der Waals surface area contributed by atoms with Crippen molar-refractivity contribution in [2.24, 2.45) is 0 Å². The number of rotatable bonds is 4. The number of aromatic carboxylic acids is 1. The SMILES string of the molecule is Cc1[nH]c(C(=O)O)c(C)c1S(=O)(=O)NC1CCSC1. The summed E-state index contributed by atoms with van der Waals surface area (Å²) in [6, 6.07) is -0.0722. The van der Waals surface area contributed by atoms with E-state index in [0.29, 0.717) is 5.69 Å². The fraction of sp³-hybridized carbons (Fsp3) is 0.545. The highest BCUT2D eigenvalue weighted by molar-refractivity contribution is 7.99. The summed E-state index contributed by atoms with van der Waals surface area (Å²) in [5.41, 5.74) is 0.537. The lowest BCUT2D eigenvalue weighted by atomic mass is 10.2. The Hall–Kier alpha value is -0.990. The van der Waals surface area contributed by atoms with Crippen LogP contribution in [0.1, 0.15) is 28.2 Å². The minimum absolute atomic E-state index is 0.0572. The van der Waals surface area contributed by atoms with Gasteiger partial charge in [0, 0.05) is 23.1 Å². The van der Waals surface area contributed by atoms with Gasteiger partial charge in [-0.1, -0.05) is 0 Å². The van der Waals surface area contributed by atoms with Crippen molar-refractivity contribution in [3.63, 3.8) is 0 Å². The summed E-state index contributed by atoms with van der Waals surface area (Å²) in [5, 5.41) is 9.00. The zero-order chi connectivity index (χ0) is 14.2. The van der Waals surface area contributed by atoms with Crippen molar-refractivity contribution in [1.29, 1.82) is 0 Å². The van der Waals surface area contributed by atoms with Gasteiger partial charge >= 0.3 is 5.97 Å². The van der Waals surface area contributed by atoms with Gasteiger partial charge in [0.05, 0.1) is 0 Å². The van der Waals surface area contributed by atoms with E-state index in [2.05, 4.69) is 9.71 Å². The van der Waals surface area contributed by atoms with Gasteiger partial charge in [-0.3, -0.25) is 0 Å². The Morgan fingerprint density at radius 1 is 1.47 bits per heavy atom. The van der Waals surface area contributed by atoms with Gasteiger partial charge in [-0.25, -0.2) is 17.9 Å². The fourth-order valence-electron chi connectivity index (χ4n) is 2.26. The Labute approximate surface area is 116 Å². The van der Waals surface area contributed by atoms with Crippen molar-refractivity contribution in [3.05, 3.63) is 17.0 Å². The Morgan fingerprint density at radius 2 is 2.16 bits per heavy atom. The van der Waals surface area contributed by atoms with E-state index in [-0.39, 0.29) is 22.2 Å². The highest BCUT2D eigenvalue weighted by atomic mass is 32.2. The van der Waals surface area contributed by atoms with Crippen LogP contribution in [0.3, 0.4) is 0 Å². The first-order chi connectivity index (χ1) is 8.83. The number of carbonyl (C=O) groups is 1. The lowest BCUT2D eigenvalue weighted by Crippen LogP contribution is -2.35. The number of aromatic nitrogens is 1. The van der Waals surface area contributed by atoms with Crippen LogP contribution < -0.4 is 4.72 Å². The molecule has 1 aromatic heterocycles. The molecule has 1 aromatic rings. The van der Waals surface area contributed by atoms with Gasteiger partial charge in [0.25, 0.3) is 0 Å². The molecule has 0 saturated carbocycles. The van der Waals surface area contributed by atoms with Crippen LogP contribution in [-0.2, 0) is 10.0 Å². The van der Waals surface area contributed by atoms with Crippen molar-refractivity contribution < 1.29 is 18.3 Å². The van der Waals surface area contributed by atoms with E-state index in [9.17, 15) is 13.2 Å². The van der Waals surface area contributed by atoms with E-state index in [1.165, 1.54) is 6.92 Å². The molecule has 8 heteroatoms. The third-order valence-corrected chi connectivity index (χ3v) is 6.06. The summed E-state index contributed by atoms with van der Waals surface area (Å²) in [6.07, 6.45) is 0.804. The highest BCUT2D eigenvalue weighted by Gasteiger charge is 2.29. The van der Waals surface area contributed by atoms with Gasteiger partial charge in [-0.2, -0.15) is 11.8 Å². The lowest BCUT2D eigenvalue weighted by Gasteiger charge is -2.12. The first-order valence-electron chi connectivity index (χ1n) is 5.85. The molecule has 3 N–H and O–H groups in total. The molecule has 1 fully saturated rings. The van der Waals surface area contributed by atoms with E-state index in [1.54, 1.807) is 18.7 Å². The number of aromatic amines is 1. The maximum atomic E-state index is 12.3. The molecule has 19 heavy (non-hydrogen) atoms. The van der Waals surface area contributed by atoms with Crippen LogP contribution in [0.5, 0.6) is 0 Å². The molecule has 1 saturated heterocycles. The minimum Gasteiger partial charge on any atom is -0.477 e. The third kappa shape index (κ3) is 2.80. The van der Waals surface area contributed by atoms with Crippen molar-refractivity contribution in [3.8, 4) is 0 Å². The smallest absolute Gasteiger partial charge is 0.352 e. The Morgan fingerprint density at radius 3 is 2.63 bits per heavy atom. The number of hydrogen-bond acceptors (Lipinski definition) is 4. The Bertz CT molecular complexity index is 600. The molecule has 1 atom stereocenters. The summed E-state index contributed by atoms with van der Waals surface area (Å²) >= 11 is 1.71. The summed E-state index contributed by atoms with van der Waals surface area (Å²) < 4.78 is 27.3. The normalized spacial score (nSPS) is 19.8. The molecule has 2 rings (SSSR count). The molecule has 1 aliphatic rings. The van der Waals surface area contributed by atoms with Crippen LogP contribution in [0.25, 0.3) is 0 Å². The van der Waals surface area contributed by atoms with Crippen molar-refractivity contribution in [2.75, 3.05) is 11.5 Å². The van der Waals surface area contributed by atoms with Crippen molar-refractivity contribution >= 4 is 27.8 Å². The molecule has 0 radical (unpaired) electrons. The maximum absolute atomic E-state index is 12.3. The standard InChI is InChI=1S/C11H16N2O4S2/c1-6-9(11(14)15)12-7(2)10(6)19(16,17)13-8-3-4-18-5-8/h8,12-13H,3-5H2,1-2H3,(H,14,15). The number of aryl methyl sites for hydroxylation is 1. The summed E-state index contributed by atoms with van der Waals surface area (Å²) in [5.74, 6) is 0.546. The predicted molar refractivity (Wildman–Crippen MR) is 73.3 cm³/mol. The molecular weight excluding hydrogens is 288 g/mol. The quantitative estimate of drug-likeness (QED) is 0.774. The number of carboxylic acid groups (broad SMARTS) is 1. The molecule has 0 spiro atoms. The lowest BCUT2D eigenvalue weighted by molar-refractivity contribution is 0.0690. The third-order valence-electron chi connectivity index (χ3n) is 3.10. The molecule has 0 aliphatic carbocycles. The van der Waals surface area contributed by atoms with Gasteiger partial charge in [-0.15, -0.1) is 0 Å². The van der Waals surface area contributed by atoms with Gasteiger partial charge in [0.1, 0.15) is 10.6 Å². The van der Waals surface area contributed by atoms with E-state index < -0.39 is 16.0 Å². The monoisotopic (exact) mass is 304 g/mol. The number of H-pyrrole nitrogens is 1. The molecule has 0 bridgehead atoms. The van der Waals surface area contributed by atoms with Crippen LogP contribution in [-0.4, -0.2) is 42.0 Å². The van der Waals surface area contributed by atoms with Gasteiger partial charge < -0.3 is 10.1 Å². The van der Waals surface area contributed by atoms with Crippen LogP contribution in [0.15, 0.2) is 4.90 Å². The Balaban J connectivity index is 2.37. The predicted octanol–water partition coefficient (Wildman–Crippen LogP) is 1.11.